The summed E-state index contributed by atoms with van der Waals surface area (Å²) in [6.45, 7) is 3.17. The quantitative estimate of drug-likeness (QED) is 0.601. The van der Waals surface area contributed by atoms with Crippen molar-refractivity contribution in [1.29, 1.82) is 0 Å². The largest absolute Gasteiger partial charge is 0.459 e. The van der Waals surface area contributed by atoms with Crippen LogP contribution in [0, 0.1) is 0 Å². The number of anilines is 1. The van der Waals surface area contributed by atoms with Gasteiger partial charge in [0, 0.05) is 23.8 Å². The zero-order valence-corrected chi connectivity index (χ0v) is 14.4. The number of thiazole rings is 2. The lowest BCUT2D eigenvalue weighted by molar-refractivity contribution is 0.0497. The van der Waals surface area contributed by atoms with E-state index in [0.717, 1.165) is 18.2 Å². The summed E-state index contributed by atoms with van der Waals surface area (Å²) in [5, 5.41) is 6.77. The van der Waals surface area contributed by atoms with Gasteiger partial charge in [0.05, 0.1) is 25.3 Å². The molecular formula is C14H16N4O4S2. The third-order valence-electron chi connectivity index (χ3n) is 3.27. The highest BCUT2D eigenvalue weighted by molar-refractivity contribution is 7.13. The van der Waals surface area contributed by atoms with Gasteiger partial charge in [-0.1, -0.05) is 0 Å². The Bertz CT molecular complexity index is 683. The van der Waals surface area contributed by atoms with Crippen LogP contribution in [0.4, 0.5) is 5.13 Å². The number of esters is 1. The van der Waals surface area contributed by atoms with E-state index in [9.17, 15) is 9.59 Å². The molecule has 1 N–H and O–H groups in total. The molecular weight excluding hydrogens is 352 g/mol. The Morgan fingerprint density at radius 1 is 1.29 bits per heavy atom. The molecule has 1 aliphatic heterocycles. The van der Waals surface area contributed by atoms with Gasteiger partial charge in [0.2, 0.25) is 0 Å². The highest BCUT2D eigenvalue weighted by Crippen LogP contribution is 2.21. The molecule has 1 amide bonds. The molecule has 0 aliphatic carbocycles. The predicted molar refractivity (Wildman–Crippen MR) is 89.9 cm³/mol. The van der Waals surface area contributed by atoms with Crippen molar-refractivity contribution >= 4 is 39.7 Å². The van der Waals surface area contributed by atoms with Crippen LogP contribution in [0.1, 0.15) is 21.0 Å². The molecule has 8 nitrogen and oxygen atoms in total. The molecule has 0 bridgehead atoms. The van der Waals surface area contributed by atoms with Crippen molar-refractivity contribution in [2.75, 3.05) is 44.4 Å². The SMILES string of the molecule is O=C(NCCOC(=O)c1csc(N2CCOCC2)n1)c1cscn1. The first-order valence-electron chi connectivity index (χ1n) is 7.36. The smallest absolute Gasteiger partial charge is 0.357 e. The molecule has 1 fully saturated rings. The van der Waals surface area contributed by atoms with E-state index in [-0.39, 0.29) is 24.8 Å². The van der Waals surface area contributed by atoms with Crippen LogP contribution in [0.25, 0.3) is 0 Å². The summed E-state index contributed by atoms with van der Waals surface area (Å²) in [5.41, 5.74) is 2.23. The Balaban J connectivity index is 1.42. The molecule has 128 valence electrons. The fourth-order valence-electron chi connectivity index (χ4n) is 2.06. The lowest BCUT2D eigenvalue weighted by Gasteiger charge is -2.25. The molecule has 24 heavy (non-hydrogen) atoms. The van der Waals surface area contributed by atoms with Crippen LogP contribution >= 0.6 is 22.7 Å². The number of hydrogen-bond acceptors (Lipinski definition) is 9. The van der Waals surface area contributed by atoms with Gasteiger partial charge in [-0.2, -0.15) is 0 Å². The standard InChI is InChI=1S/C14H16N4O4S2/c19-12(10-7-23-9-16-10)15-1-4-22-13(20)11-8-24-14(17-11)18-2-5-21-6-3-18/h7-9H,1-6H2,(H,15,19). The highest BCUT2D eigenvalue weighted by atomic mass is 32.1. The number of rotatable bonds is 6. The van der Waals surface area contributed by atoms with Gasteiger partial charge in [0.1, 0.15) is 12.3 Å². The minimum atomic E-state index is -0.492. The van der Waals surface area contributed by atoms with E-state index < -0.39 is 5.97 Å². The van der Waals surface area contributed by atoms with Gasteiger partial charge in [-0.3, -0.25) is 4.79 Å². The normalized spacial score (nSPS) is 14.4. The molecule has 0 unspecified atom stereocenters. The van der Waals surface area contributed by atoms with Crippen LogP contribution in [0.2, 0.25) is 0 Å². The second kappa shape index (κ2) is 8.18. The Labute approximate surface area is 146 Å². The molecule has 0 atom stereocenters. The maximum Gasteiger partial charge on any atom is 0.357 e. The summed E-state index contributed by atoms with van der Waals surface area (Å²) in [5.74, 6) is -0.774. The molecule has 0 saturated carbocycles. The first kappa shape index (κ1) is 16.8. The van der Waals surface area contributed by atoms with Crippen molar-refractivity contribution in [1.82, 2.24) is 15.3 Å². The number of carbonyl (C=O) groups excluding carboxylic acids is 2. The van der Waals surface area contributed by atoms with Crippen molar-refractivity contribution in [2.45, 2.75) is 0 Å². The molecule has 1 aliphatic rings. The number of carbonyl (C=O) groups is 2. The lowest BCUT2D eigenvalue weighted by atomic mass is 10.4. The van der Waals surface area contributed by atoms with Crippen molar-refractivity contribution in [3.05, 3.63) is 27.7 Å². The third-order valence-corrected chi connectivity index (χ3v) is 4.76. The van der Waals surface area contributed by atoms with E-state index in [0.29, 0.717) is 18.9 Å². The van der Waals surface area contributed by atoms with E-state index in [1.807, 2.05) is 0 Å². The third kappa shape index (κ3) is 4.28. The number of morpholine rings is 1. The Morgan fingerprint density at radius 3 is 2.88 bits per heavy atom. The summed E-state index contributed by atoms with van der Waals surface area (Å²) in [7, 11) is 0. The van der Waals surface area contributed by atoms with Crippen molar-refractivity contribution < 1.29 is 19.1 Å². The number of nitrogens with zero attached hydrogens (tertiary/aromatic N) is 3. The van der Waals surface area contributed by atoms with Crippen molar-refractivity contribution in [2.24, 2.45) is 0 Å². The van der Waals surface area contributed by atoms with E-state index in [4.69, 9.17) is 9.47 Å². The minimum absolute atomic E-state index is 0.0825. The topological polar surface area (TPSA) is 93.7 Å². The molecule has 0 radical (unpaired) electrons. The van der Waals surface area contributed by atoms with Crippen LogP contribution in [0.3, 0.4) is 0 Å². The monoisotopic (exact) mass is 368 g/mol. The van der Waals surface area contributed by atoms with E-state index in [2.05, 4.69) is 20.2 Å². The van der Waals surface area contributed by atoms with E-state index in [1.54, 1.807) is 16.3 Å². The second-order valence-corrected chi connectivity index (χ2v) is 6.44. The molecule has 2 aromatic heterocycles. The maximum atomic E-state index is 12.0. The predicted octanol–water partition coefficient (Wildman–Crippen LogP) is 1.02. The molecule has 3 heterocycles. The molecule has 0 spiro atoms. The summed E-state index contributed by atoms with van der Waals surface area (Å²) in [6.07, 6.45) is 0. The minimum Gasteiger partial charge on any atom is -0.459 e. The van der Waals surface area contributed by atoms with E-state index in [1.165, 1.54) is 22.7 Å². The van der Waals surface area contributed by atoms with Crippen molar-refractivity contribution in [3.8, 4) is 0 Å². The molecule has 3 rings (SSSR count). The van der Waals surface area contributed by atoms with Crippen LogP contribution < -0.4 is 10.2 Å². The average Bonchev–Trinajstić information content (AvgIpc) is 3.31. The van der Waals surface area contributed by atoms with E-state index >= 15 is 0 Å². The number of ether oxygens (including phenoxy) is 2. The van der Waals surface area contributed by atoms with Crippen molar-refractivity contribution in [3.63, 3.8) is 0 Å². The van der Waals surface area contributed by atoms with Gasteiger partial charge in [0.15, 0.2) is 10.8 Å². The Morgan fingerprint density at radius 2 is 2.12 bits per heavy atom. The van der Waals surface area contributed by atoms with Crippen LogP contribution in [-0.2, 0) is 9.47 Å². The zero-order valence-electron chi connectivity index (χ0n) is 12.8. The highest BCUT2D eigenvalue weighted by Gasteiger charge is 2.18. The van der Waals surface area contributed by atoms with Crippen LogP contribution in [0.15, 0.2) is 16.3 Å². The van der Waals surface area contributed by atoms with Gasteiger partial charge in [0.25, 0.3) is 5.91 Å². The Kier molecular flexibility index (Phi) is 5.72. The lowest BCUT2D eigenvalue weighted by Crippen LogP contribution is -2.36. The fourth-order valence-corrected chi connectivity index (χ4v) is 3.44. The first-order chi connectivity index (χ1) is 11.7. The average molecular weight is 368 g/mol. The molecule has 2 aromatic rings. The molecule has 1 saturated heterocycles. The summed E-state index contributed by atoms with van der Waals surface area (Å²) in [6, 6.07) is 0. The van der Waals surface area contributed by atoms with Crippen LogP contribution in [0.5, 0.6) is 0 Å². The second-order valence-electron chi connectivity index (χ2n) is 4.88. The Hall–Kier alpha value is -2.04. The van der Waals surface area contributed by atoms with Crippen LogP contribution in [-0.4, -0.2) is 61.3 Å². The number of hydrogen-bond donors (Lipinski definition) is 1. The fraction of sp³-hybridized carbons (Fsp3) is 0.429. The number of nitrogens with one attached hydrogen (secondary N) is 1. The van der Waals surface area contributed by atoms with Gasteiger partial charge in [-0.25, -0.2) is 14.8 Å². The number of aromatic nitrogens is 2. The zero-order chi connectivity index (χ0) is 16.8. The van der Waals surface area contributed by atoms with Gasteiger partial charge in [-0.05, 0) is 0 Å². The maximum absolute atomic E-state index is 12.0. The number of amides is 1. The van der Waals surface area contributed by atoms with Gasteiger partial charge >= 0.3 is 5.97 Å². The first-order valence-corrected chi connectivity index (χ1v) is 9.18. The summed E-state index contributed by atoms with van der Waals surface area (Å²) >= 11 is 2.76. The molecule has 0 aromatic carbocycles. The summed E-state index contributed by atoms with van der Waals surface area (Å²) in [4.78, 5) is 33.9. The van der Waals surface area contributed by atoms with Gasteiger partial charge < -0.3 is 19.7 Å². The molecule has 10 heteroatoms. The summed E-state index contributed by atoms with van der Waals surface area (Å²) < 4.78 is 10.4. The van der Waals surface area contributed by atoms with Gasteiger partial charge in [-0.15, -0.1) is 22.7 Å².